The molecule has 0 aliphatic heterocycles. The van der Waals surface area contributed by atoms with Gasteiger partial charge in [0.2, 0.25) is 11.8 Å². The van der Waals surface area contributed by atoms with Gasteiger partial charge in [-0.25, -0.2) is 8.42 Å². The highest BCUT2D eigenvalue weighted by atomic mass is 35.5. The summed E-state index contributed by atoms with van der Waals surface area (Å²) in [5, 5.41) is 3.54. The highest BCUT2D eigenvalue weighted by molar-refractivity contribution is 7.92. The molecule has 1 aliphatic carbocycles. The van der Waals surface area contributed by atoms with Crippen molar-refractivity contribution in [3.8, 4) is 0 Å². The van der Waals surface area contributed by atoms with Gasteiger partial charge in [-0.05, 0) is 62.1 Å². The van der Waals surface area contributed by atoms with Crippen LogP contribution < -0.4 is 9.62 Å². The van der Waals surface area contributed by atoms with E-state index < -0.39 is 28.5 Å². The van der Waals surface area contributed by atoms with E-state index in [4.69, 9.17) is 23.2 Å². The normalized spacial score (nSPS) is 14.4. The number of nitrogens with zero attached hydrogens (tertiary/aromatic N) is 2. The second kappa shape index (κ2) is 13.7. The monoisotopic (exact) mass is 615 g/mol. The van der Waals surface area contributed by atoms with Crippen LogP contribution in [0.5, 0.6) is 0 Å². The van der Waals surface area contributed by atoms with Crippen molar-refractivity contribution in [3.63, 3.8) is 0 Å². The van der Waals surface area contributed by atoms with Crippen molar-refractivity contribution in [3.05, 3.63) is 94.0 Å². The Hall–Kier alpha value is -3.07. The Bertz CT molecular complexity index is 1480. The molecular formula is C31H35Cl2N3O4S. The minimum atomic E-state index is -4.18. The lowest BCUT2D eigenvalue weighted by atomic mass is 10.1. The highest BCUT2D eigenvalue weighted by Crippen LogP contribution is 2.31. The fourth-order valence-electron chi connectivity index (χ4n) is 5.18. The number of aryl methyl sites for hydroxylation is 1. The standard InChI is InChI=1S/C31H35Cl2N3O4S/c1-3-29(31(38)34-24-12-7-8-13-24)35(20-23-11-9-10-22(2)18-23)30(37)21-36(25-16-17-27(32)28(33)19-25)41(39,40)26-14-5-4-6-15-26/h4-6,9-11,14-19,24,29H,3,7-8,12-13,20-21H2,1-2H3,(H,34,38)/t29-/m1/s1. The average Bonchev–Trinajstić information content (AvgIpc) is 3.46. The van der Waals surface area contributed by atoms with Crippen LogP contribution >= 0.6 is 23.2 Å². The molecule has 7 nitrogen and oxygen atoms in total. The first kappa shape index (κ1) is 30.9. The van der Waals surface area contributed by atoms with Crippen LogP contribution in [0.3, 0.4) is 0 Å². The van der Waals surface area contributed by atoms with Crippen LogP contribution in [0.15, 0.2) is 77.7 Å². The Kier molecular flexibility index (Phi) is 10.3. The second-order valence-corrected chi connectivity index (χ2v) is 13.0. The number of carbonyl (C=O) groups excluding carboxylic acids is 2. The molecule has 0 radical (unpaired) electrons. The van der Waals surface area contributed by atoms with Gasteiger partial charge in [0, 0.05) is 12.6 Å². The van der Waals surface area contributed by atoms with Crippen LogP contribution in [-0.4, -0.2) is 43.8 Å². The summed E-state index contributed by atoms with van der Waals surface area (Å²) in [6.45, 7) is 3.43. The Morgan fingerprint density at radius 3 is 2.29 bits per heavy atom. The molecule has 1 saturated carbocycles. The second-order valence-electron chi connectivity index (χ2n) is 10.3. The summed E-state index contributed by atoms with van der Waals surface area (Å²) in [7, 11) is -4.18. The third-order valence-corrected chi connectivity index (χ3v) is 9.85. The van der Waals surface area contributed by atoms with Crippen LogP contribution in [0.2, 0.25) is 10.0 Å². The van der Waals surface area contributed by atoms with E-state index in [-0.39, 0.29) is 39.1 Å². The SMILES string of the molecule is CC[C@H](C(=O)NC1CCCC1)N(Cc1cccc(C)c1)C(=O)CN(c1ccc(Cl)c(Cl)c1)S(=O)(=O)c1ccccc1. The summed E-state index contributed by atoms with van der Waals surface area (Å²) in [5.41, 5.74) is 2.05. The molecule has 4 rings (SSSR count). The zero-order valence-electron chi connectivity index (χ0n) is 23.2. The predicted molar refractivity (Wildman–Crippen MR) is 164 cm³/mol. The summed E-state index contributed by atoms with van der Waals surface area (Å²) in [4.78, 5) is 29.2. The molecule has 1 aliphatic rings. The minimum absolute atomic E-state index is 0.0233. The number of nitrogens with one attached hydrogen (secondary N) is 1. The lowest BCUT2D eigenvalue weighted by Gasteiger charge is -2.34. The van der Waals surface area contributed by atoms with Crippen molar-refractivity contribution in [2.75, 3.05) is 10.8 Å². The van der Waals surface area contributed by atoms with Crippen molar-refractivity contribution >= 4 is 50.7 Å². The van der Waals surface area contributed by atoms with Crippen LogP contribution in [0.25, 0.3) is 0 Å². The van der Waals surface area contributed by atoms with Crippen LogP contribution in [-0.2, 0) is 26.2 Å². The van der Waals surface area contributed by atoms with E-state index in [2.05, 4.69) is 5.32 Å². The molecule has 3 aromatic rings. The van der Waals surface area contributed by atoms with Crippen molar-refractivity contribution in [1.82, 2.24) is 10.2 Å². The maximum atomic E-state index is 14.2. The number of anilines is 1. The summed E-state index contributed by atoms with van der Waals surface area (Å²) in [5.74, 6) is -0.738. The number of amides is 2. The Morgan fingerprint density at radius 2 is 1.66 bits per heavy atom. The number of hydrogen-bond acceptors (Lipinski definition) is 4. The van der Waals surface area contributed by atoms with Gasteiger partial charge in [-0.1, -0.05) is 91.0 Å². The molecule has 2 amide bonds. The van der Waals surface area contributed by atoms with Crippen LogP contribution in [0, 0.1) is 6.92 Å². The van der Waals surface area contributed by atoms with Crippen LogP contribution in [0.1, 0.15) is 50.2 Å². The first-order valence-electron chi connectivity index (χ1n) is 13.8. The molecule has 1 fully saturated rings. The van der Waals surface area contributed by atoms with Gasteiger partial charge in [0.15, 0.2) is 0 Å². The van der Waals surface area contributed by atoms with E-state index in [0.29, 0.717) is 6.42 Å². The van der Waals surface area contributed by atoms with Crippen molar-refractivity contribution in [1.29, 1.82) is 0 Å². The van der Waals surface area contributed by atoms with E-state index in [1.165, 1.54) is 35.2 Å². The summed E-state index contributed by atoms with van der Waals surface area (Å²) in [6.07, 6.45) is 4.31. The maximum Gasteiger partial charge on any atom is 0.264 e. The molecule has 0 heterocycles. The molecule has 0 aromatic heterocycles. The smallest absolute Gasteiger partial charge is 0.264 e. The topological polar surface area (TPSA) is 86.8 Å². The van der Waals surface area contributed by atoms with Gasteiger partial charge in [-0.15, -0.1) is 0 Å². The largest absolute Gasteiger partial charge is 0.352 e. The van der Waals surface area contributed by atoms with Gasteiger partial charge in [0.05, 0.1) is 20.6 Å². The fourth-order valence-corrected chi connectivity index (χ4v) is 6.90. The maximum absolute atomic E-state index is 14.2. The molecule has 0 bridgehead atoms. The molecule has 0 spiro atoms. The molecule has 218 valence electrons. The van der Waals surface area contributed by atoms with Crippen molar-refractivity contribution < 1.29 is 18.0 Å². The molecule has 0 saturated heterocycles. The Labute approximate surface area is 252 Å². The molecule has 41 heavy (non-hydrogen) atoms. The van der Waals surface area contributed by atoms with Gasteiger partial charge >= 0.3 is 0 Å². The van der Waals surface area contributed by atoms with Gasteiger partial charge in [-0.3, -0.25) is 13.9 Å². The van der Waals surface area contributed by atoms with E-state index >= 15 is 0 Å². The molecule has 0 unspecified atom stereocenters. The minimum Gasteiger partial charge on any atom is -0.352 e. The quantitative estimate of drug-likeness (QED) is 0.272. The molecular weight excluding hydrogens is 581 g/mol. The van der Waals surface area contributed by atoms with E-state index in [1.807, 2.05) is 38.1 Å². The van der Waals surface area contributed by atoms with Gasteiger partial charge in [0.25, 0.3) is 10.0 Å². The Morgan fingerprint density at radius 1 is 0.951 bits per heavy atom. The van der Waals surface area contributed by atoms with Gasteiger partial charge in [0.1, 0.15) is 12.6 Å². The number of rotatable bonds is 11. The average molecular weight is 617 g/mol. The number of hydrogen-bond donors (Lipinski definition) is 1. The summed E-state index contributed by atoms with van der Waals surface area (Å²) in [6, 6.07) is 19.3. The fraction of sp³-hybridized carbons (Fsp3) is 0.355. The number of benzene rings is 3. The predicted octanol–water partition coefficient (Wildman–Crippen LogP) is 6.36. The number of carbonyl (C=O) groups is 2. The molecule has 3 aromatic carbocycles. The zero-order chi connectivity index (χ0) is 29.6. The number of halogens is 2. The lowest BCUT2D eigenvalue weighted by Crippen LogP contribution is -2.53. The first-order valence-corrected chi connectivity index (χ1v) is 16.0. The molecule has 1 atom stereocenters. The Balaban J connectivity index is 1.72. The lowest BCUT2D eigenvalue weighted by molar-refractivity contribution is -0.140. The van der Waals surface area contributed by atoms with Crippen molar-refractivity contribution in [2.45, 2.75) is 69.5 Å². The summed E-state index contributed by atoms with van der Waals surface area (Å²) >= 11 is 12.4. The summed E-state index contributed by atoms with van der Waals surface area (Å²) < 4.78 is 28.8. The zero-order valence-corrected chi connectivity index (χ0v) is 25.6. The first-order chi connectivity index (χ1) is 19.6. The number of sulfonamides is 1. The van der Waals surface area contributed by atoms with Gasteiger partial charge in [-0.2, -0.15) is 0 Å². The third kappa shape index (κ3) is 7.61. The third-order valence-electron chi connectivity index (χ3n) is 7.32. The van der Waals surface area contributed by atoms with Crippen molar-refractivity contribution in [2.24, 2.45) is 0 Å². The highest BCUT2D eigenvalue weighted by Gasteiger charge is 2.34. The van der Waals surface area contributed by atoms with E-state index in [0.717, 1.165) is 41.1 Å². The van der Waals surface area contributed by atoms with Crippen LogP contribution in [0.4, 0.5) is 5.69 Å². The molecule has 10 heteroatoms. The van der Waals surface area contributed by atoms with E-state index in [9.17, 15) is 18.0 Å². The molecule has 1 N–H and O–H groups in total. The van der Waals surface area contributed by atoms with Gasteiger partial charge < -0.3 is 10.2 Å². The van der Waals surface area contributed by atoms with E-state index in [1.54, 1.807) is 18.2 Å².